The van der Waals surface area contributed by atoms with Crippen molar-refractivity contribution in [1.82, 2.24) is 10.1 Å². The second kappa shape index (κ2) is 4.06. The first kappa shape index (κ1) is 9.61. The van der Waals surface area contributed by atoms with Gasteiger partial charge in [0.05, 0.1) is 6.04 Å². The summed E-state index contributed by atoms with van der Waals surface area (Å²) in [4.78, 5) is 4.24. The van der Waals surface area contributed by atoms with Crippen LogP contribution in [0.4, 0.5) is 0 Å². The van der Waals surface area contributed by atoms with E-state index in [0.717, 1.165) is 25.9 Å². The predicted octanol–water partition coefficient (Wildman–Crippen LogP) is 1.33. The topological polar surface area (TPSA) is 74.2 Å². The summed E-state index contributed by atoms with van der Waals surface area (Å²) in [6.45, 7) is 2.77. The maximum absolute atomic E-state index is 5.78. The van der Waals surface area contributed by atoms with Crippen molar-refractivity contribution in [3.05, 3.63) is 11.7 Å². The molecule has 2 atom stereocenters. The number of hydrogen-bond acceptors (Lipinski definition) is 5. The predicted molar refractivity (Wildman–Crippen MR) is 49.4 cm³/mol. The van der Waals surface area contributed by atoms with Gasteiger partial charge in [-0.3, -0.25) is 0 Å². The lowest BCUT2D eigenvalue weighted by atomic mass is 10.2. The Labute approximate surface area is 82.6 Å². The van der Waals surface area contributed by atoms with Gasteiger partial charge >= 0.3 is 0 Å². The number of aromatic nitrogens is 2. The fourth-order valence-electron chi connectivity index (χ4n) is 1.48. The Morgan fingerprint density at radius 1 is 1.64 bits per heavy atom. The molecule has 0 radical (unpaired) electrons. The van der Waals surface area contributed by atoms with Crippen LogP contribution in [-0.2, 0) is 4.74 Å². The molecule has 2 rings (SSSR count). The Kier molecular flexibility index (Phi) is 2.79. The van der Waals surface area contributed by atoms with E-state index in [1.54, 1.807) is 0 Å². The normalized spacial score (nSPS) is 24.0. The summed E-state index contributed by atoms with van der Waals surface area (Å²) in [5.41, 5.74) is 5.78. The van der Waals surface area contributed by atoms with Gasteiger partial charge in [-0.1, -0.05) is 12.1 Å². The average Bonchev–Trinajstić information content (AvgIpc) is 2.86. The average molecular weight is 197 g/mol. The van der Waals surface area contributed by atoms with Gasteiger partial charge in [-0.15, -0.1) is 0 Å². The largest absolute Gasteiger partial charge is 0.368 e. The van der Waals surface area contributed by atoms with Crippen LogP contribution in [0.2, 0.25) is 0 Å². The zero-order valence-electron chi connectivity index (χ0n) is 8.27. The standard InChI is InChI=1S/C9H15N3O2/c1-2-6(10)8-11-9(14-12-8)7-4-3-5-13-7/h6-7H,2-5,10H2,1H3/t6?,7-/m0/s1. The summed E-state index contributed by atoms with van der Waals surface area (Å²) < 4.78 is 10.5. The monoisotopic (exact) mass is 197 g/mol. The molecule has 1 aromatic heterocycles. The maximum Gasteiger partial charge on any atom is 0.255 e. The number of nitrogens with two attached hydrogens (primary N) is 1. The molecule has 0 amide bonds. The van der Waals surface area contributed by atoms with Crippen LogP contribution in [0, 0.1) is 0 Å². The number of nitrogens with zero attached hydrogens (tertiary/aromatic N) is 2. The summed E-state index contributed by atoms with van der Waals surface area (Å²) in [7, 11) is 0. The van der Waals surface area contributed by atoms with Crippen LogP contribution < -0.4 is 5.73 Å². The van der Waals surface area contributed by atoms with Crippen LogP contribution >= 0.6 is 0 Å². The molecule has 2 heterocycles. The highest BCUT2D eigenvalue weighted by Gasteiger charge is 2.24. The molecule has 14 heavy (non-hydrogen) atoms. The van der Waals surface area contributed by atoms with Gasteiger partial charge in [-0.25, -0.2) is 0 Å². The molecule has 0 spiro atoms. The van der Waals surface area contributed by atoms with E-state index >= 15 is 0 Å². The molecule has 2 N–H and O–H groups in total. The summed E-state index contributed by atoms with van der Waals surface area (Å²) in [5, 5.41) is 3.84. The zero-order chi connectivity index (χ0) is 9.97. The minimum Gasteiger partial charge on any atom is -0.368 e. The quantitative estimate of drug-likeness (QED) is 0.791. The summed E-state index contributed by atoms with van der Waals surface area (Å²) in [5.74, 6) is 1.15. The third-order valence-corrected chi connectivity index (χ3v) is 2.43. The van der Waals surface area contributed by atoms with Crippen LogP contribution in [0.25, 0.3) is 0 Å². The molecular weight excluding hydrogens is 182 g/mol. The third kappa shape index (κ3) is 1.78. The highest BCUT2D eigenvalue weighted by molar-refractivity contribution is 4.95. The van der Waals surface area contributed by atoms with E-state index in [0.29, 0.717) is 11.7 Å². The lowest BCUT2D eigenvalue weighted by Crippen LogP contribution is -2.10. The lowest BCUT2D eigenvalue weighted by Gasteiger charge is -2.02. The first-order chi connectivity index (χ1) is 6.81. The Morgan fingerprint density at radius 3 is 3.14 bits per heavy atom. The molecule has 1 unspecified atom stereocenters. The van der Waals surface area contributed by atoms with Gasteiger partial charge in [0.2, 0.25) is 0 Å². The molecule has 1 saturated heterocycles. The minimum atomic E-state index is -0.131. The van der Waals surface area contributed by atoms with Crippen LogP contribution in [0.15, 0.2) is 4.52 Å². The fourth-order valence-corrected chi connectivity index (χ4v) is 1.48. The third-order valence-electron chi connectivity index (χ3n) is 2.43. The van der Waals surface area contributed by atoms with Gasteiger partial charge in [-0.05, 0) is 19.3 Å². The van der Waals surface area contributed by atoms with Crippen LogP contribution in [0.1, 0.15) is 50.0 Å². The Bertz CT molecular complexity index is 294. The molecule has 1 aliphatic heterocycles. The molecule has 0 aromatic carbocycles. The fraction of sp³-hybridized carbons (Fsp3) is 0.778. The van der Waals surface area contributed by atoms with Gasteiger partial charge in [-0.2, -0.15) is 4.98 Å². The van der Waals surface area contributed by atoms with E-state index in [9.17, 15) is 0 Å². The zero-order valence-corrected chi connectivity index (χ0v) is 8.27. The molecule has 0 bridgehead atoms. The van der Waals surface area contributed by atoms with E-state index in [2.05, 4.69) is 10.1 Å². The van der Waals surface area contributed by atoms with Crippen molar-refractivity contribution in [2.24, 2.45) is 5.73 Å². The van der Waals surface area contributed by atoms with Crippen LogP contribution in [-0.4, -0.2) is 16.7 Å². The first-order valence-electron chi connectivity index (χ1n) is 5.02. The van der Waals surface area contributed by atoms with E-state index in [1.807, 2.05) is 6.92 Å². The molecule has 1 fully saturated rings. The smallest absolute Gasteiger partial charge is 0.255 e. The van der Waals surface area contributed by atoms with Crippen molar-refractivity contribution in [1.29, 1.82) is 0 Å². The van der Waals surface area contributed by atoms with Crippen molar-refractivity contribution in [3.8, 4) is 0 Å². The van der Waals surface area contributed by atoms with Gasteiger partial charge in [0.1, 0.15) is 6.10 Å². The van der Waals surface area contributed by atoms with Gasteiger partial charge < -0.3 is 15.0 Å². The van der Waals surface area contributed by atoms with Crippen molar-refractivity contribution in [3.63, 3.8) is 0 Å². The minimum absolute atomic E-state index is 0.0136. The van der Waals surface area contributed by atoms with Crippen molar-refractivity contribution in [2.75, 3.05) is 6.61 Å². The number of rotatable bonds is 3. The molecule has 5 nitrogen and oxygen atoms in total. The highest BCUT2D eigenvalue weighted by Crippen LogP contribution is 2.27. The molecule has 78 valence electrons. The van der Waals surface area contributed by atoms with E-state index in [1.165, 1.54) is 0 Å². The number of hydrogen-bond donors (Lipinski definition) is 1. The number of ether oxygens (including phenoxy) is 1. The summed E-state index contributed by atoms with van der Waals surface area (Å²) in [6, 6.07) is -0.131. The van der Waals surface area contributed by atoms with Crippen LogP contribution in [0.3, 0.4) is 0 Å². The second-order valence-electron chi connectivity index (χ2n) is 3.51. The highest BCUT2D eigenvalue weighted by atomic mass is 16.5. The SMILES string of the molecule is CCC(N)c1noc([C@@H]2CCCO2)n1. The Hall–Kier alpha value is -0.940. The summed E-state index contributed by atoms with van der Waals surface area (Å²) in [6.07, 6.45) is 2.82. The molecule has 1 aromatic rings. The van der Waals surface area contributed by atoms with E-state index in [4.69, 9.17) is 15.0 Å². The van der Waals surface area contributed by atoms with Gasteiger partial charge in [0.25, 0.3) is 5.89 Å². The molecule has 0 saturated carbocycles. The molecule has 5 heteroatoms. The van der Waals surface area contributed by atoms with Crippen molar-refractivity contribution >= 4 is 0 Å². The molecule has 1 aliphatic rings. The lowest BCUT2D eigenvalue weighted by molar-refractivity contribution is 0.0835. The summed E-state index contributed by atoms with van der Waals surface area (Å²) >= 11 is 0. The van der Waals surface area contributed by atoms with Crippen molar-refractivity contribution < 1.29 is 9.26 Å². The maximum atomic E-state index is 5.78. The Morgan fingerprint density at radius 2 is 2.50 bits per heavy atom. The van der Waals surface area contributed by atoms with Crippen LogP contribution in [0.5, 0.6) is 0 Å². The van der Waals surface area contributed by atoms with Gasteiger partial charge in [0, 0.05) is 6.61 Å². The molecule has 0 aliphatic carbocycles. The first-order valence-corrected chi connectivity index (χ1v) is 5.02. The second-order valence-corrected chi connectivity index (χ2v) is 3.51. The molecular formula is C9H15N3O2. The van der Waals surface area contributed by atoms with Crippen molar-refractivity contribution in [2.45, 2.75) is 38.3 Å². The van der Waals surface area contributed by atoms with E-state index < -0.39 is 0 Å². The van der Waals surface area contributed by atoms with Gasteiger partial charge in [0.15, 0.2) is 5.82 Å². The van der Waals surface area contributed by atoms with E-state index in [-0.39, 0.29) is 12.1 Å². The Balaban J connectivity index is 2.08.